The highest BCUT2D eigenvalue weighted by atomic mass is 16.5. The molecule has 0 saturated heterocycles. The van der Waals surface area contributed by atoms with Crippen molar-refractivity contribution in [2.24, 2.45) is 5.92 Å². The fraction of sp³-hybridized carbons (Fsp3) is 0.750. The average Bonchev–Trinajstić information content (AvgIpc) is 2.96. The van der Waals surface area contributed by atoms with Crippen LogP contribution in [0, 0.1) is 12.8 Å². The fourth-order valence-electron chi connectivity index (χ4n) is 1.59. The van der Waals surface area contributed by atoms with Gasteiger partial charge in [-0.1, -0.05) is 13.8 Å². The van der Waals surface area contributed by atoms with Gasteiger partial charge < -0.3 is 10.1 Å². The Kier molecular flexibility index (Phi) is 3.49. The summed E-state index contributed by atoms with van der Waals surface area (Å²) in [5.74, 6) is 1.19. The lowest BCUT2D eigenvalue weighted by Gasteiger charge is -2.21. The van der Waals surface area contributed by atoms with E-state index in [2.05, 4.69) is 29.4 Å². The first kappa shape index (κ1) is 11.5. The standard InChI is InChI=1S/C12H21N3O/c1-8(2)11(7-13-10-4-5-10)16-12-6-9(3)14-15-12/h6,8,10-11,13H,4-5,7H2,1-3H3,(H,14,15). The van der Waals surface area contributed by atoms with E-state index in [1.165, 1.54) is 12.8 Å². The largest absolute Gasteiger partial charge is 0.472 e. The minimum absolute atomic E-state index is 0.197. The van der Waals surface area contributed by atoms with Crippen molar-refractivity contribution in [1.82, 2.24) is 15.5 Å². The molecule has 2 rings (SSSR count). The minimum Gasteiger partial charge on any atom is -0.472 e. The molecule has 1 aromatic heterocycles. The Morgan fingerprint density at radius 2 is 2.31 bits per heavy atom. The Morgan fingerprint density at radius 1 is 1.56 bits per heavy atom. The smallest absolute Gasteiger partial charge is 0.233 e. The van der Waals surface area contributed by atoms with Crippen LogP contribution in [0.15, 0.2) is 6.07 Å². The number of nitrogens with zero attached hydrogens (tertiary/aromatic N) is 1. The number of aromatic nitrogens is 2. The Bertz CT molecular complexity index is 331. The van der Waals surface area contributed by atoms with Crippen LogP contribution in [-0.2, 0) is 0 Å². The van der Waals surface area contributed by atoms with Gasteiger partial charge >= 0.3 is 0 Å². The molecule has 1 saturated carbocycles. The predicted octanol–water partition coefficient (Wildman–Crippen LogP) is 1.87. The molecule has 1 aliphatic rings. The highest BCUT2D eigenvalue weighted by molar-refractivity contribution is 5.12. The molecule has 4 heteroatoms. The van der Waals surface area contributed by atoms with Crippen LogP contribution in [-0.4, -0.2) is 28.9 Å². The number of rotatable bonds is 6. The first-order valence-electron chi connectivity index (χ1n) is 6.07. The van der Waals surface area contributed by atoms with Crippen molar-refractivity contribution in [2.75, 3.05) is 6.54 Å². The van der Waals surface area contributed by atoms with Gasteiger partial charge in [0.25, 0.3) is 0 Å². The van der Waals surface area contributed by atoms with Gasteiger partial charge in [-0.3, -0.25) is 5.10 Å². The molecule has 0 radical (unpaired) electrons. The minimum atomic E-state index is 0.197. The lowest BCUT2D eigenvalue weighted by atomic mass is 10.1. The van der Waals surface area contributed by atoms with E-state index >= 15 is 0 Å². The molecule has 1 atom stereocenters. The molecule has 1 aromatic rings. The summed E-state index contributed by atoms with van der Waals surface area (Å²) in [6.45, 7) is 7.25. The quantitative estimate of drug-likeness (QED) is 0.774. The van der Waals surface area contributed by atoms with E-state index in [0.29, 0.717) is 11.8 Å². The van der Waals surface area contributed by atoms with Crippen LogP contribution in [0.3, 0.4) is 0 Å². The maximum Gasteiger partial charge on any atom is 0.233 e. The highest BCUT2D eigenvalue weighted by Gasteiger charge is 2.24. The van der Waals surface area contributed by atoms with Crippen LogP contribution < -0.4 is 10.1 Å². The number of hydrogen-bond acceptors (Lipinski definition) is 3. The molecular weight excluding hydrogens is 202 g/mol. The monoisotopic (exact) mass is 223 g/mol. The lowest BCUT2D eigenvalue weighted by molar-refractivity contribution is 0.142. The van der Waals surface area contributed by atoms with Crippen molar-refractivity contribution in [2.45, 2.75) is 45.8 Å². The molecule has 0 spiro atoms. The Morgan fingerprint density at radius 3 is 2.81 bits per heavy atom. The molecular formula is C12H21N3O. The van der Waals surface area contributed by atoms with Gasteiger partial charge in [0.2, 0.25) is 5.88 Å². The molecule has 2 N–H and O–H groups in total. The zero-order chi connectivity index (χ0) is 11.5. The van der Waals surface area contributed by atoms with E-state index in [0.717, 1.165) is 18.3 Å². The molecule has 1 unspecified atom stereocenters. The van der Waals surface area contributed by atoms with Crippen LogP contribution in [0.25, 0.3) is 0 Å². The summed E-state index contributed by atoms with van der Waals surface area (Å²) in [7, 11) is 0. The fourth-order valence-corrected chi connectivity index (χ4v) is 1.59. The summed E-state index contributed by atoms with van der Waals surface area (Å²) in [6.07, 6.45) is 2.82. The van der Waals surface area contributed by atoms with Gasteiger partial charge in [0.05, 0.1) is 0 Å². The summed E-state index contributed by atoms with van der Waals surface area (Å²) in [5, 5.41) is 10.5. The summed E-state index contributed by atoms with van der Waals surface area (Å²) >= 11 is 0. The first-order valence-corrected chi connectivity index (χ1v) is 6.07. The number of nitrogens with one attached hydrogen (secondary N) is 2. The van der Waals surface area contributed by atoms with Crippen LogP contribution in [0.5, 0.6) is 5.88 Å². The molecule has 1 fully saturated rings. The number of aromatic amines is 1. The average molecular weight is 223 g/mol. The van der Waals surface area contributed by atoms with Gasteiger partial charge in [-0.25, -0.2) is 0 Å². The van der Waals surface area contributed by atoms with Crippen LogP contribution in [0.4, 0.5) is 0 Å². The molecule has 1 aliphatic carbocycles. The number of hydrogen-bond donors (Lipinski definition) is 2. The third kappa shape index (κ3) is 3.23. The third-order valence-electron chi connectivity index (χ3n) is 2.88. The zero-order valence-electron chi connectivity index (χ0n) is 10.3. The SMILES string of the molecule is Cc1cc(OC(CNC2CC2)C(C)C)n[nH]1. The van der Waals surface area contributed by atoms with Gasteiger partial charge in [0, 0.05) is 24.3 Å². The van der Waals surface area contributed by atoms with E-state index in [9.17, 15) is 0 Å². The Hall–Kier alpha value is -1.03. The highest BCUT2D eigenvalue weighted by Crippen LogP contribution is 2.20. The normalized spacial score (nSPS) is 17.8. The number of H-pyrrole nitrogens is 1. The molecule has 1 heterocycles. The Balaban J connectivity index is 1.85. The van der Waals surface area contributed by atoms with Crippen molar-refractivity contribution in [3.8, 4) is 5.88 Å². The van der Waals surface area contributed by atoms with E-state index in [-0.39, 0.29) is 6.10 Å². The molecule has 0 amide bonds. The van der Waals surface area contributed by atoms with Crippen molar-refractivity contribution in [1.29, 1.82) is 0 Å². The van der Waals surface area contributed by atoms with Gasteiger partial charge in [-0.2, -0.15) is 0 Å². The van der Waals surface area contributed by atoms with Crippen molar-refractivity contribution in [3.63, 3.8) is 0 Å². The summed E-state index contributed by atoms with van der Waals surface area (Å²) < 4.78 is 5.87. The van der Waals surface area contributed by atoms with Crippen molar-refractivity contribution >= 4 is 0 Å². The second-order valence-electron chi connectivity index (χ2n) is 4.97. The molecule has 0 aromatic carbocycles. The second kappa shape index (κ2) is 4.87. The van der Waals surface area contributed by atoms with Crippen LogP contribution >= 0.6 is 0 Å². The number of aryl methyl sites for hydroxylation is 1. The van der Waals surface area contributed by atoms with E-state index in [4.69, 9.17) is 4.74 Å². The van der Waals surface area contributed by atoms with Crippen molar-refractivity contribution in [3.05, 3.63) is 11.8 Å². The van der Waals surface area contributed by atoms with E-state index in [1.54, 1.807) is 0 Å². The van der Waals surface area contributed by atoms with Crippen LogP contribution in [0.2, 0.25) is 0 Å². The maximum absolute atomic E-state index is 5.87. The van der Waals surface area contributed by atoms with Crippen molar-refractivity contribution < 1.29 is 4.74 Å². The molecule has 4 nitrogen and oxygen atoms in total. The summed E-state index contributed by atoms with van der Waals surface area (Å²) in [4.78, 5) is 0. The predicted molar refractivity (Wildman–Crippen MR) is 63.6 cm³/mol. The molecule has 90 valence electrons. The van der Waals surface area contributed by atoms with Gasteiger partial charge in [-0.05, 0) is 25.7 Å². The third-order valence-corrected chi connectivity index (χ3v) is 2.88. The lowest BCUT2D eigenvalue weighted by Crippen LogP contribution is -2.36. The number of ether oxygens (including phenoxy) is 1. The second-order valence-corrected chi connectivity index (χ2v) is 4.97. The summed E-state index contributed by atoms with van der Waals surface area (Å²) in [6, 6.07) is 2.66. The summed E-state index contributed by atoms with van der Waals surface area (Å²) in [5.41, 5.74) is 1.03. The van der Waals surface area contributed by atoms with Gasteiger partial charge in [0.15, 0.2) is 0 Å². The van der Waals surface area contributed by atoms with E-state index in [1.807, 2.05) is 13.0 Å². The molecule has 0 bridgehead atoms. The molecule has 16 heavy (non-hydrogen) atoms. The molecule has 0 aliphatic heterocycles. The Labute approximate surface area is 96.8 Å². The van der Waals surface area contributed by atoms with E-state index < -0.39 is 0 Å². The maximum atomic E-state index is 5.87. The van der Waals surface area contributed by atoms with Gasteiger partial charge in [0.1, 0.15) is 6.10 Å². The van der Waals surface area contributed by atoms with Gasteiger partial charge in [-0.15, -0.1) is 5.10 Å². The zero-order valence-corrected chi connectivity index (χ0v) is 10.3. The first-order chi connectivity index (χ1) is 7.65. The topological polar surface area (TPSA) is 49.9 Å². The van der Waals surface area contributed by atoms with Crippen LogP contribution in [0.1, 0.15) is 32.4 Å².